The van der Waals surface area contributed by atoms with Crippen molar-refractivity contribution in [2.24, 2.45) is 0 Å². The summed E-state index contributed by atoms with van der Waals surface area (Å²) < 4.78 is 13.1. The minimum Gasteiger partial charge on any atom is -0.507 e. The van der Waals surface area contributed by atoms with Crippen molar-refractivity contribution in [1.29, 1.82) is 0 Å². The van der Waals surface area contributed by atoms with Gasteiger partial charge in [-0.05, 0) is 30.2 Å². The zero-order valence-electron chi connectivity index (χ0n) is 17.9. The fourth-order valence-corrected chi connectivity index (χ4v) is 4.28. The van der Waals surface area contributed by atoms with Gasteiger partial charge in [-0.2, -0.15) is 0 Å². The molecular weight excluding hydrogens is 422 g/mol. The maximum atomic E-state index is 13.1. The molecule has 168 valence electrons. The van der Waals surface area contributed by atoms with Crippen molar-refractivity contribution in [2.75, 3.05) is 19.8 Å². The summed E-state index contributed by atoms with van der Waals surface area (Å²) in [5.74, 6) is -0.461. The lowest BCUT2D eigenvalue weighted by Gasteiger charge is -2.25. The molecule has 1 aromatic heterocycles. The summed E-state index contributed by atoms with van der Waals surface area (Å²) in [4.78, 5) is 31.7. The zero-order valence-corrected chi connectivity index (χ0v) is 17.9. The molecule has 0 unspecified atom stereocenters. The Labute approximate surface area is 190 Å². The van der Waals surface area contributed by atoms with Gasteiger partial charge in [0.05, 0.1) is 17.9 Å². The molecule has 2 aliphatic heterocycles. The van der Waals surface area contributed by atoms with E-state index in [9.17, 15) is 14.7 Å². The second kappa shape index (κ2) is 8.82. The number of ether oxygens (including phenoxy) is 2. The van der Waals surface area contributed by atoms with E-state index in [4.69, 9.17) is 9.47 Å². The molecule has 2 aromatic carbocycles. The summed E-state index contributed by atoms with van der Waals surface area (Å²) >= 11 is 0. The molecule has 2 aliphatic rings. The van der Waals surface area contributed by atoms with Gasteiger partial charge >= 0.3 is 0 Å². The Morgan fingerprint density at radius 2 is 1.82 bits per heavy atom. The van der Waals surface area contributed by atoms with Crippen LogP contribution in [-0.4, -0.2) is 51.0 Å². The molecule has 1 N–H and O–H groups in total. The maximum Gasteiger partial charge on any atom is 0.295 e. The molecule has 3 heterocycles. The monoisotopic (exact) mass is 445 g/mol. The van der Waals surface area contributed by atoms with Gasteiger partial charge in [-0.15, -0.1) is 0 Å². The number of aryl methyl sites for hydroxylation is 1. The van der Waals surface area contributed by atoms with Crippen molar-refractivity contribution in [3.63, 3.8) is 0 Å². The van der Waals surface area contributed by atoms with Gasteiger partial charge in [-0.3, -0.25) is 9.59 Å². The number of carbonyl (C=O) groups excluding carboxylic acids is 2. The van der Waals surface area contributed by atoms with Crippen molar-refractivity contribution < 1.29 is 24.2 Å². The second-order valence-electron chi connectivity index (χ2n) is 7.92. The Balaban J connectivity index is 1.52. The van der Waals surface area contributed by atoms with Crippen LogP contribution < -0.4 is 9.47 Å². The van der Waals surface area contributed by atoms with Crippen molar-refractivity contribution in [2.45, 2.75) is 19.0 Å². The number of imidazole rings is 1. The first-order valence-corrected chi connectivity index (χ1v) is 10.8. The van der Waals surface area contributed by atoms with E-state index in [0.717, 1.165) is 5.56 Å². The summed E-state index contributed by atoms with van der Waals surface area (Å²) in [6.07, 6.45) is 5.90. The minimum atomic E-state index is -0.695. The molecule has 1 fully saturated rings. The highest BCUT2D eigenvalue weighted by molar-refractivity contribution is 6.46. The summed E-state index contributed by atoms with van der Waals surface area (Å²) in [5, 5.41) is 11.2. The van der Waals surface area contributed by atoms with E-state index >= 15 is 0 Å². The second-order valence-corrected chi connectivity index (χ2v) is 7.92. The van der Waals surface area contributed by atoms with Crippen molar-refractivity contribution in [3.05, 3.63) is 84.0 Å². The number of Topliss-reactive ketones (excluding diaryl/α,β-unsaturated/α-hetero) is 1. The van der Waals surface area contributed by atoms with Crippen LogP contribution in [0.4, 0.5) is 0 Å². The number of amides is 1. The molecule has 0 radical (unpaired) electrons. The van der Waals surface area contributed by atoms with Gasteiger partial charge in [0.2, 0.25) is 0 Å². The zero-order chi connectivity index (χ0) is 22.8. The molecule has 8 heteroatoms. The predicted molar refractivity (Wildman–Crippen MR) is 120 cm³/mol. The molecule has 0 saturated carbocycles. The van der Waals surface area contributed by atoms with E-state index in [1.807, 2.05) is 41.1 Å². The van der Waals surface area contributed by atoms with Crippen molar-refractivity contribution in [1.82, 2.24) is 14.5 Å². The highest BCUT2D eigenvalue weighted by Crippen LogP contribution is 2.41. The number of nitrogens with zero attached hydrogens (tertiary/aromatic N) is 3. The Hall–Kier alpha value is -4.07. The third kappa shape index (κ3) is 3.95. The number of aromatic nitrogens is 2. The average Bonchev–Trinajstić information content (AvgIpc) is 3.46. The van der Waals surface area contributed by atoms with Crippen LogP contribution in [0, 0.1) is 0 Å². The lowest BCUT2D eigenvalue weighted by molar-refractivity contribution is -0.139. The SMILES string of the molecule is O=C1C(=O)N(CCCn2ccnc2)[C@H](c2ccccc2)C1=C(O)c1ccc2c(c1)OCCO2. The number of aliphatic hydroxyl groups excluding tert-OH is 1. The number of fused-ring (bicyclic) bond motifs is 1. The standard InChI is InChI=1S/C25H23N3O5/c29-23(18-7-8-19-20(15-18)33-14-13-32-19)21-22(17-5-2-1-3-6-17)28(25(31)24(21)30)11-4-10-27-12-9-26-16-27/h1-3,5-9,12,15-16,22,29H,4,10-11,13-14H2/t22-/m1/s1. The Morgan fingerprint density at radius 1 is 1.03 bits per heavy atom. The topological polar surface area (TPSA) is 93.9 Å². The molecule has 5 rings (SSSR count). The fraction of sp³-hybridized carbons (Fsp3) is 0.240. The fourth-order valence-electron chi connectivity index (χ4n) is 4.28. The molecule has 0 aliphatic carbocycles. The number of likely N-dealkylation sites (tertiary alicyclic amines) is 1. The van der Waals surface area contributed by atoms with Gasteiger partial charge in [-0.1, -0.05) is 30.3 Å². The largest absolute Gasteiger partial charge is 0.507 e. The predicted octanol–water partition coefficient (Wildman–Crippen LogP) is 3.17. The quantitative estimate of drug-likeness (QED) is 0.356. The number of aliphatic hydroxyl groups is 1. The number of hydrogen-bond donors (Lipinski definition) is 1. The number of ketones is 1. The number of hydrogen-bond acceptors (Lipinski definition) is 6. The molecule has 8 nitrogen and oxygen atoms in total. The van der Waals surface area contributed by atoms with Crippen molar-refractivity contribution in [3.8, 4) is 11.5 Å². The Bertz CT molecular complexity index is 1200. The highest BCUT2D eigenvalue weighted by Gasteiger charge is 2.45. The molecule has 33 heavy (non-hydrogen) atoms. The van der Waals surface area contributed by atoms with Crippen LogP contribution in [-0.2, 0) is 16.1 Å². The Morgan fingerprint density at radius 3 is 2.58 bits per heavy atom. The summed E-state index contributed by atoms with van der Waals surface area (Å²) in [6, 6.07) is 13.6. The van der Waals surface area contributed by atoms with E-state index in [1.54, 1.807) is 30.7 Å². The highest BCUT2D eigenvalue weighted by atomic mass is 16.6. The van der Waals surface area contributed by atoms with Crippen LogP contribution >= 0.6 is 0 Å². The van der Waals surface area contributed by atoms with Crippen LogP contribution in [0.3, 0.4) is 0 Å². The molecule has 1 saturated heterocycles. The molecule has 1 atom stereocenters. The van der Waals surface area contributed by atoms with Gasteiger partial charge in [0.15, 0.2) is 11.5 Å². The van der Waals surface area contributed by atoms with Gasteiger partial charge < -0.3 is 24.0 Å². The Kier molecular flexibility index (Phi) is 5.56. The molecule has 0 spiro atoms. The summed E-state index contributed by atoms with van der Waals surface area (Å²) in [5.41, 5.74) is 1.24. The van der Waals surface area contributed by atoms with Gasteiger partial charge in [0, 0.05) is 31.0 Å². The van der Waals surface area contributed by atoms with Gasteiger partial charge in [0.1, 0.15) is 19.0 Å². The van der Waals surface area contributed by atoms with E-state index in [-0.39, 0.29) is 11.3 Å². The maximum absolute atomic E-state index is 13.1. The summed E-state index contributed by atoms with van der Waals surface area (Å²) in [7, 11) is 0. The van der Waals surface area contributed by atoms with Crippen LogP contribution in [0.25, 0.3) is 5.76 Å². The van der Waals surface area contributed by atoms with E-state index in [1.165, 1.54) is 4.90 Å². The van der Waals surface area contributed by atoms with Crippen LogP contribution in [0.5, 0.6) is 11.5 Å². The lowest BCUT2D eigenvalue weighted by Crippen LogP contribution is -2.31. The molecular formula is C25H23N3O5. The number of rotatable bonds is 6. The minimum absolute atomic E-state index is 0.0745. The van der Waals surface area contributed by atoms with Gasteiger partial charge in [-0.25, -0.2) is 4.98 Å². The smallest absolute Gasteiger partial charge is 0.295 e. The van der Waals surface area contributed by atoms with Crippen LogP contribution in [0.2, 0.25) is 0 Å². The normalized spacial score (nSPS) is 19.2. The summed E-state index contributed by atoms with van der Waals surface area (Å²) in [6.45, 7) is 1.88. The first-order chi connectivity index (χ1) is 16.1. The molecule has 0 bridgehead atoms. The third-order valence-corrected chi connectivity index (χ3v) is 5.85. The van der Waals surface area contributed by atoms with E-state index < -0.39 is 17.7 Å². The third-order valence-electron chi connectivity index (χ3n) is 5.85. The van der Waals surface area contributed by atoms with E-state index in [0.29, 0.717) is 49.8 Å². The van der Waals surface area contributed by atoms with Crippen molar-refractivity contribution >= 4 is 17.4 Å². The van der Waals surface area contributed by atoms with Crippen LogP contribution in [0.1, 0.15) is 23.6 Å². The number of carbonyl (C=O) groups is 2. The average molecular weight is 445 g/mol. The van der Waals surface area contributed by atoms with E-state index in [2.05, 4.69) is 4.98 Å². The lowest BCUT2D eigenvalue weighted by atomic mass is 9.95. The number of benzene rings is 2. The van der Waals surface area contributed by atoms with Crippen LogP contribution in [0.15, 0.2) is 72.8 Å². The first kappa shape index (κ1) is 20.8. The van der Waals surface area contributed by atoms with Gasteiger partial charge in [0.25, 0.3) is 11.7 Å². The molecule has 1 amide bonds. The molecule has 3 aromatic rings. The first-order valence-electron chi connectivity index (χ1n) is 10.8.